The van der Waals surface area contributed by atoms with Crippen molar-refractivity contribution in [1.82, 2.24) is 29.9 Å². The summed E-state index contributed by atoms with van der Waals surface area (Å²) in [5.74, 6) is -0.0503. The van der Waals surface area contributed by atoms with Gasteiger partial charge in [0.25, 0.3) is 5.91 Å². The summed E-state index contributed by atoms with van der Waals surface area (Å²) in [7, 11) is 0. The number of anilines is 1. The summed E-state index contributed by atoms with van der Waals surface area (Å²) in [4.78, 5) is 20.0. The second-order valence-corrected chi connectivity index (χ2v) is 9.05. The van der Waals surface area contributed by atoms with Crippen molar-refractivity contribution in [2.45, 2.75) is 32.6 Å². The number of nitrogens with one attached hydrogen (secondary N) is 1. The molecule has 0 aromatic carbocycles. The number of nitrogens with zero attached hydrogens (tertiary/aromatic N) is 6. The maximum absolute atomic E-state index is 12.7. The summed E-state index contributed by atoms with van der Waals surface area (Å²) < 4.78 is 1.85. The molecule has 0 atom stereocenters. The number of hydrogen-bond donors (Lipinski definition) is 1. The van der Waals surface area contributed by atoms with Crippen molar-refractivity contribution in [1.29, 1.82) is 0 Å². The van der Waals surface area contributed by atoms with Gasteiger partial charge in [0.15, 0.2) is 0 Å². The van der Waals surface area contributed by atoms with Crippen molar-refractivity contribution >= 4 is 22.4 Å². The molecule has 2 aliphatic rings. The summed E-state index contributed by atoms with van der Waals surface area (Å²) in [5.41, 5.74) is 0.618. The van der Waals surface area contributed by atoms with Gasteiger partial charge < -0.3 is 20.0 Å². The molecule has 2 fully saturated rings. The Balaban J connectivity index is 1.24. The fraction of sp³-hybridized carbons (Fsp3) is 0.667. The van der Waals surface area contributed by atoms with Crippen molar-refractivity contribution in [2.24, 2.45) is 0 Å². The van der Waals surface area contributed by atoms with E-state index in [9.17, 15) is 4.79 Å². The average molecular weight is 432 g/mol. The van der Waals surface area contributed by atoms with Gasteiger partial charge in [-0.3, -0.25) is 9.36 Å². The van der Waals surface area contributed by atoms with Crippen LogP contribution >= 0.6 is 11.3 Å². The number of aromatic nitrogens is 3. The first-order chi connectivity index (χ1) is 14.7. The Hall–Kier alpha value is -1.97. The molecule has 0 saturated carbocycles. The number of carbonyl (C=O) groups is 1. The topological polar surface area (TPSA) is 69.5 Å². The summed E-state index contributed by atoms with van der Waals surface area (Å²) in [6, 6.07) is 3.74. The van der Waals surface area contributed by atoms with Crippen LogP contribution in [0.25, 0.3) is 5.13 Å². The van der Waals surface area contributed by atoms with E-state index in [0.717, 1.165) is 62.5 Å². The zero-order valence-corrected chi connectivity index (χ0v) is 18.7. The maximum Gasteiger partial charge on any atom is 0.268 e. The molecule has 2 aliphatic heterocycles. The molecule has 0 bridgehead atoms. The molecule has 2 aromatic rings. The van der Waals surface area contributed by atoms with Gasteiger partial charge in [0, 0.05) is 52.0 Å². The molecule has 0 radical (unpaired) electrons. The maximum atomic E-state index is 12.7. The molecular formula is C21H33N7OS. The molecule has 164 valence electrons. The van der Waals surface area contributed by atoms with Gasteiger partial charge in [-0.25, -0.2) is 0 Å². The van der Waals surface area contributed by atoms with E-state index < -0.39 is 0 Å². The number of hydrogen-bond acceptors (Lipinski definition) is 7. The molecule has 0 unspecified atom stereocenters. The molecule has 1 N–H and O–H groups in total. The van der Waals surface area contributed by atoms with Crippen molar-refractivity contribution in [2.75, 3.05) is 63.8 Å². The van der Waals surface area contributed by atoms with Crippen LogP contribution < -0.4 is 10.2 Å². The summed E-state index contributed by atoms with van der Waals surface area (Å²) >= 11 is 1.55. The van der Waals surface area contributed by atoms with Gasteiger partial charge in [0.1, 0.15) is 5.69 Å². The highest BCUT2D eigenvalue weighted by atomic mass is 32.1. The van der Waals surface area contributed by atoms with Crippen LogP contribution in [0.2, 0.25) is 0 Å². The number of amides is 1. The summed E-state index contributed by atoms with van der Waals surface area (Å²) in [5, 5.41) is 13.4. The Kier molecular flexibility index (Phi) is 7.35. The van der Waals surface area contributed by atoms with E-state index in [0.29, 0.717) is 12.2 Å². The Morgan fingerprint density at radius 3 is 2.47 bits per heavy atom. The van der Waals surface area contributed by atoms with E-state index in [2.05, 4.69) is 37.1 Å². The van der Waals surface area contributed by atoms with Gasteiger partial charge in [-0.2, -0.15) is 0 Å². The molecule has 0 aliphatic carbocycles. The second kappa shape index (κ2) is 10.4. The normalized spacial score (nSPS) is 18.2. The Labute approximate surface area is 182 Å². The van der Waals surface area contributed by atoms with Crippen molar-refractivity contribution in [3.8, 4) is 5.13 Å². The molecule has 2 aromatic heterocycles. The Bertz CT molecular complexity index is 806. The fourth-order valence-corrected chi connectivity index (χ4v) is 5.12. The molecule has 2 saturated heterocycles. The Morgan fingerprint density at radius 2 is 1.73 bits per heavy atom. The van der Waals surface area contributed by atoms with Crippen molar-refractivity contribution in [3.63, 3.8) is 0 Å². The molecule has 4 rings (SSSR count). The zero-order chi connectivity index (χ0) is 20.8. The molecule has 1 amide bonds. The van der Waals surface area contributed by atoms with Gasteiger partial charge in [0.2, 0.25) is 10.3 Å². The quantitative estimate of drug-likeness (QED) is 0.613. The molecule has 9 heteroatoms. The largest absolute Gasteiger partial charge is 0.351 e. The van der Waals surface area contributed by atoms with Crippen LogP contribution in [-0.2, 0) is 0 Å². The summed E-state index contributed by atoms with van der Waals surface area (Å²) in [6.07, 6.45) is 6.50. The van der Waals surface area contributed by atoms with Gasteiger partial charge in [-0.15, -0.1) is 10.2 Å². The predicted octanol–water partition coefficient (Wildman–Crippen LogP) is 2.08. The minimum Gasteiger partial charge on any atom is -0.351 e. The molecule has 4 heterocycles. The van der Waals surface area contributed by atoms with E-state index in [-0.39, 0.29) is 5.91 Å². The monoisotopic (exact) mass is 431 g/mol. The summed E-state index contributed by atoms with van der Waals surface area (Å²) in [6.45, 7) is 11.8. The molecule has 0 spiro atoms. The van der Waals surface area contributed by atoms with Gasteiger partial charge in [-0.1, -0.05) is 18.3 Å². The lowest BCUT2D eigenvalue weighted by molar-refractivity contribution is 0.0941. The number of piperazine rings is 1. The third kappa shape index (κ3) is 5.19. The standard InChI is InChI=1S/C21H33N7OS/c1-2-9-25-14-16-26(17-15-25)10-6-8-22-19(29)18-7-5-13-28(18)21-24-23-20(30-21)27-11-3-4-12-27/h5,7,13H,2-4,6,8-12,14-17H2,1H3,(H,22,29). The minimum atomic E-state index is -0.0503. The second-order valence-electron chi connectivity index (χ2n) is 8.12. The number of carbonyl (C=O) groups excluding carboxylic acids is 1. The highest BCUT2D eigenvalue weighted by molar-refractivity contribution is 7.17. The van der Waals surface area contributed by atoms with E-state index in [1.54, 1.807) is 11.3 Å². The van der Waals surface area contributed by atoms with Crippen LogP contribution in [0.1, 0.15) is 43.1 Å². The highest BCUT2D eigenvalue weighted by Crippen LogP contribution is 2.27. The molecule has 30 heavy (non-hydrogen) atoms. The SMILES string of the molecule is CCCN1CCN(CCCNC(=O)c2cccn2-c2nnc(N3CCCC3)s2)CC1. The van der Waals surface area contributed by atoms with Crippen molar-refractivity contribution in [3.05, 3.63) is 24.0 Å². The lowest BCUT2D eigenvalue weighted by Crippen LogP contribution is -2.47. The van der Waals surface area contributed by atoms with Gasteiger partial charge in [0.05, 0.1) is 0 Å². The van der Waals surface area contributed by atoms with Crippen LogP contribution in [-0.4, -0.2) is 89.4 Å². The third-order valence-electron chi connectivity index (χ3n) is 5.91. The predicted molar refractivity (Wildman–Crippen MR) is 121 cm³/mol. The van der Waals surface area contributed by atoms with Crippen LogP contribution in [0.3, 0.4) is 0 Å². The first kappa shape index (κ1) is 21.3. The van der Waals surface area contributed by atoms with E-state index >= 15 is 0 Å². The van der Waals surface area contributed by atoms with E-state index in [1.165, 1.54) is 25.8 Å². The molecular weight excluding hydrogens is 398 g/mol. The van der Waals surface area contributed by atoms with Crippen LogP contribution in [0.5, 0.6) is 0 Å². The lowest BCUT2D eigenvalue weighted by Gasteiger charge is -2.34. The average Bonchev–Trinajstić information content (AvgIpc) is 3.53. The lowest BCUT2D eigenvalue weighted by atomic mass is 10.2. The smallest absolute Gasteiger partial charge is 0.268 e. The van der Waals surface area contributed by atoms with Crippen LogP contribution in [0, 0.1) is 0 Å². The first-order valence-electron chi connectivity index (χ1n) is 11.2. The van der Waals surface area contributed by atoms with Crippen LogP contribution in [0.4, 0.5) is 5.13 Å². The fourth-order valence-electron chi connectivity index (χ4n) is 4.22. The molecule has 8 nitrogen and oxygen atoms in total. The van der Waals surface area contributed by atoms with E-state index in [4.69, 9.17) is 0 Å². The van der Waals surface area contributed by atoms with Crippen LogP contribution in [0.15, 0.2) is 18.3 Å². The first-order valence-corrected chi connectivity index (χ1v) is 12.1. The highest BCUT2D eigenvalue weighted by Gasteiger charge is 2.20. The minimum absolute atomic E-state index is 0.0503. The van der Waals surface area contributed by atoms with E-state index in [1.807, 2.05) is 22.9 Å². The van der Waals surface area contributed by atoms with Gasteiger partial charge in [-0.05, 0) is 50.9 Å². The third-order valence-corrected chi connectivity index (χ3v) is 6.89. The Morgan fingerprint density at radius 1 is 1.03 bits per heavy atom. The number of rotatable bonds is 9. The zero-order valence-electron chi connectivity index (χ0n) is 17.9. The van der Waals surface area contributed by atoms with Crippen molar-refractivity contribution < 1.29 is 4.79 Å². The van der Waals surface area contributed by atoms with Gasteiger partial charge >= 0.3 is 0 Å².